The molecule has 8 heteroatoms. The molecule has 0 aliphatic rings. The van der Waals surface area contributed by atoms with Gasteiger partial charge in [0.1, 0.15) is 17.5 Å². The van der Waals surface area contributed by atoms with E-state index < -0.39 is 16.1 Å². The number of carbonyl (C=O) groups is 1. The van der Waals surface area contributed by atoms with Crippen molar-refractivity contribution in [1.29, 1.82) is 0 Å². The molecule has 2 rings (SSSR count). The Balaban J connectivity index is 2.26. The minimum atomic E-state index is -3.69. The molecule has 0 aliphatic heterocycles. The Kier molecular flexibility index (Phi) is 8.11. The quantitative estimate of drug-likeness (QED) is 0.618. The number of ether oxygens (including phenoxy) is 2. The number of hydrogen-bond donors (Lipinski definition) is 1. The maximum Gasteiger partial charge on any atom is 0.244 e. The van der Waals surface area contributed by atoms with E-state index in [2.05, 4.69) is 5.32 Å². The maximum atomic E-state index is 13.0. The molecule has 0 bridgehead atoms. The number of rotatable bonds is 10. The Labute approximate surface area is 179 Å². The van der Waals surface area contributed by atoms with Crippen LogP contribution in [0.3, 0.4) is 0 Å². The molecule has 2 aromatic carbocycles. The summed E-state index contributed by atoms with van der Waals surface area (Å²) < 4.78 is 36.9. The minimum Gasteiger partial charge on any atom is -0.497 e. The monoisotopic (exact) mass is 434 g/mol. The third-order valence-electron chi connectivity index (χ3n) is 4.71. The van der Waals surface area contributed by atoms with Crippen LogP contribution in [-0.4, -0.2) is 40.3 Å². The Hall–Kier alpha value is -2.74. The van der Waals surface area contributed by atoms with Gasteiger partial charge in [-0.2, -0.15) is 0 Å². The Bertz CT molecular complexity index is 927. The van der Waals surface area contributed by atoms with Gasteiger partial charge in [-0.1, -0.05) is 19.1 Å². The smallest absolute Gasteiger partial charge is 0.244 e. The molecule has 0 radical (unpaired) electrons. The topological polar surface area (TPSA) is 84.9 Å². The molecule has 0 heterocycles. The standard InChI is InChI=1S/C22H30N2O5S/c1-6-21(22(25)23-16(3)17-8-12-19(28-4)13-9-17)24(30(5,26)27)18-10-14-20(15-11-18)29-7-2/h8-16,21H,6-7H2,1-5H3,(H,23,25)/t16-,21+/m1/s1. The van der Waals surface area contributed by atoms with E-state index in [0.29, 0.717) is 24.5 Å². The fourth-order valence-electron chi connectivity index (χ4n) is 3.20. The van der Waals surface area contributed by atoms with Crippen LogP contribution in [0.4, 0.5) is 5.69 Å². The van der Waals surface area contributed by atoms with Gasteiger partial charge in [0, 0.05) is 0 Å². The van der Waals surface area contributed by atoms with Crippen LogP contribution in [0, 0.1) is 0 Å². The number of benzene rings is 2. The minimum absolute atomic E-state index is 0.292. The predicted octanol–water partition coefficient (Wildman–Crippen LogP) is 3.52. The first-order valence-electron chi connectivity index (χ1n) is 9.87. The number of nitrogens with one attached hydrogen (secondary N) is 1. The summed E-state index contributed by atoms with van der Waals surface area (Å²) in [7, 11) is -2.10. The van der Waals surface area contributed by atoms with Crippen molar-refractivity contribution < 1.29 is 22.7 Å². The SMILES string of the molecule is CCOc1ccc(N([C@@H](CC)C(=O)N[C@H](C)c2ccc(OC)cc2)S(C)(=O)=O)cc1. The molecule has 0 aliphatic carbocycles. The van der Waals surface area contributed by atoms with Crippen LogP contribution in [0.5, 0.6) is 11.5 Å². The van der Waals surface area contributed by atoms with E-state index in [0.717, 1.165) is 17.6 Å². The lowest BCUT2D eigenvalue weighted by atomic mass is 10.1. The molecular weight excluding hydrogens is 404 g/mol. The average Bonchev–Trinajstić information content (AvgIpc) is 2.72. The summed E-state index contributed by atoms with van der Waals surface area (Å²) >= 11 is 0. The first-order valence-corrected chi connectivity index (χ1v) is 11.7. The molecule has 1 N–H and O–H groups in total. The van der Waals surface area contributed by atoms with E-state index in [4.69, 9.17) is 9.47 Å². The van der Waals surface area contributed by atoms with Gasteiger partial charge in [-0.3, -0.25) is 9.10 Å². The number of sulfonamides is 1. The highest BCUT2D eigenvalue weighted by Gasteiger charge is 2.32. The number of nitrogens with zero attached hydrogens (tertiary/aromatic N) is 1. The molecule has 0 unspecified atom stereocenters. The van der Waals surface area contributed by atoms with Crippen LogP contribution in [0.1, 0.15) is 38.8 Å². The molecule has 0 fully saturated rings. The fourth-order valence-corrected chi connectivity index (χ4v) is 4.41. The number of carbonyl (C=O) groups excluding carboxylic acids is 1. The van der Waals surface area contributed by atoms with Gasteiger partial charge in [0.05, 0.1) is 31.7 Å². The second kappa shape index (κ2) is 10.3. The van der Waals surface area contributed by atoms with Crippen molar-refractivity contribution >= 4 is 21.6 Å². The van der Waals surface area contributed by atoms with Gasteiger partial charge >= 0.3 is 0 Å². The van der Waals surface area contributed by atoms with Crippen LogP contribution < -0.4 is 19.1 Å². The molecule has 7 nitrogen and oxygen atoms in total. The molecule has 30 heavy (non-hydrogen) atoms. The molecule has 0 saturated heterocycles. The lowest BCUT2D eigenvalue weighted by Crippen LogP contribution is -2.49. The Morgan fingerprint density at radius 2 is 1.60 bits per heavy atom. The molecule has 2 aromatic rings. The fraction of sp³-hybridized carbons (Fsp3) is 0.409. The zero-order valence-electron chi connectivity index (χ0n) is 18.1. The van der Waals surface area contributed by atoms with E-state index in [1.54, 1.807) is 38.3 Å². The first-order chi connectivity index (χ1) is 14.2. The summed E-state index contributed by atoms with van der Waals surface area (Å²) in [6.45, 7) is 6.03. The Morgan fingerprint density at radius 1 is 1.03 bits per heavy atom. The zero-order chi connectivity index (χ0) is 22.3. The summed E-state index contributed by atoms with van der Waals surface area (Å²) in [5.41, 5.74) is 1.31. The highest BCUT2D eigenvalue weighted by Crippen LogP contribution is 2.26. The number of methoxy groups -OCH3 is 1. The van der Waals surface area contributed by atoms with Crippen LogP contribution >= 0.6 is 0 Å². The van der Waals surface area contributed by atoms with Crippen molar-refractivity contribution in [2.45, 2.75) is 39.3 Å². The van der Waals surface area contributed by atoms with Crippen LogP contribution in [0.25, 0.3) is 0 Å². The van der Waals surface area contributed by atoms with Crippen molar-refractivity contribution in [3.05, 3.63) is 54.1 Å². The summed E-state index contributed by atoms with van der Waals surface area (Å²) in [6, 6.07) is 12.9. The molecular formula is C22H30N2O5S. The van der Waals surface area contributed by atoms with E-state index in [1.807, 2.05) is 38.1 Å². The molecule has 0 aromatic heterocycles. The first kappa shape index (κ1) is 23.5. The third-order valence-corrected chi connectivity index (χ3v) is 5.89. The van der Waals surface area contributed by atoms with Gasteiger partial charge in [-0.25, -0.2) is 8.42 Å². The van der Waals surface area contributed by atoms with Gasteiger partial charge in [-0.15, -0.1) is 0 Å². The lowest BCUT2D eigenvalue weighted by Gasteiger charge is -2.31. The summed E-state index contributed by atoms with van der Waals surface area (Å²) in [5, 5.41) is 2.93. The van der Waals surface area contributed by atoms with E-state index >= 15 is 0 Å². The molecule has 164 valence electrons. The highest BCUT2D eigenvalue weighted by molar-refractivity contribution is 7.92. The van der Waals surface area contributed by atoms with Gasteiger partial charge in [-0.05, 0) is 62.2 Å². The van der Waals surface area contributed by atoms with Crippen molar-refractivity contribution in [2.24, 2.45) is 0 Å². The van der Waals surface area contributed by atoms with E-state index in [9.17, 15) is 13.2 Å². The van der Waals surface area contributed by atoms with Gasteiger partial charge in [0.2, 0.25) is 15.9 Å². The second-order valence-corrected chi connectivity index (χ2v) is 8.77. The van der Waals surface area contributed by atoms with Gasteiger partial charge in [0.15, 0.2) is 0 Å². The molecule has 2 atom stereocenters. The summed E-state index contributed by atoms with van der Waals surface area (Å²) in [4.78, 5) is 13.0. The van der Waals surface area contributed by atoms with Gasteiger partial charge in [0.25, 0.3) is 0 Å². The third kappa shape index (κ3) is 5.89. The van der Waals surface area contributed by atoms with Crippen molar-refractivity contribution in [3.63, 3.8) is 0 Å². The van der Waals surface area contributed by atoms with E-state index in [-0.39, 0.29) is 11.9 Å². The van der Waals surface area contributed by atoms with Crippen LogP contribution in [0.2, 0.25) is 0 Å². The Morgan fingerprint density at radius 3 is 2.07 bits per heavy atom. The van der Waals surface area contributed by atoms with Crippen molar-refractivity contribution in [1.82, 2.24) is 5.32 Å². The van der Waals surface area contributed by atoms with Crippen molar-refractivity contribution in [3.8, 4) is 11.5 Å². The largest absolute Gasteiger partial charge is 0.497 e. The number of hydrogen-bond acceptors (Lipinski definition) is 5. The lowest BCUT2D eigenvalue weighted by molar-refractivity contribution is -0.122. The highest BCUT2D eigenvalue weighted by atomic mass is 32.2. The van der Waals surface area contributed by atoms with Crippen LogP contribution in [-0.2, 0) is 14.8 Å². The summed E-state index contributed by atoms with van der Waals surface area (Å²) in [5.74, 6) is 1.00. The van der Waals surface area contributed by atoms with E-state index in [1.165, 1.54) is 4.31 Å². The normalized spacial score (nSPS) is 13.2. The summed E-state index contributed by atoms with van der Waals surface area (Å²) in [6.07, 6.45) is 1.42. The van der Waals surface area contributed by atoms with Crippen molar-refractivity contribution in [2.75, 3.05) is 24.3 Å². The zero-order valence-corrected chi connectivity index (χ0v) is 18.9. The molecule has 0 saturated carbocycles. The average molecular weight is 435 g/mol. The second-order valence-electron chi connectivity index (χ2n) is 6.91. The predicted molar refractivity (Wildman–Crippen MR) is 119 cm³/mol. The molecule has 0 spiro atoms. The maximum absolute atomic E-state index is 13.0. The van der Waals surface area contributed by atoms with Crippen LogP contribution in [0.15, 0.2) is 48.5 Å². The number of anilines is 1. The van der Waals surface area contributed by atoms with Gasteiger partial charge < -0.3 is 14.8 Å². The molecule has 1 amide bonds. The number of amides is 1.